The molecule has 0 radical (unpaired) electrons. The second-order valence-corrected chi connectivity index (χ2v) is 6.08. The Balaban J connectivity index is 2.01. The van der Waals surface area contributed by atoms with Gasteiger partial charge in [0.05, 0.1) is 6.10 Å². The van der Waals surface area contributed by atoms with E-state index in [0.29, 0.717) is 19.5 Å². The van der Waals surface area contributed by atoms with E-state index in [1.807, 2.05) is 19.1 Å². The third-order valence-corrected chi connectivity index (χ3v) is 4.18. The van der Waals surface area contributed by atoms with Gasteiger partial charge in [0.25, 0.3) is 0 Å². The van der Waals surface area contributed by atoms with Crippen molar-refractivity contribution in [2.45, 2.75) is 32.3 Å². The number of hydrogen-bond acceptors (Lipinski definition) is 2. The summed E-state index contributed by atoms with van der Waals surface area (Å²) < 4.78 is 1.05. The lowest BCUT2D eigenvalue weighted by Gasteiger charge is -2.22. The molecule has 1 fully saturated rings. The molecule has 1 unspecified atom stereocenters. The Hall–Kier alpha value is -0.870. The molecule has 0 spiro atoms. The summed E-state index contributed by atoms with van der Waals surface area (Å²) in [7, 11) is 0. The summed E-state index contributed by atoms with van der Waals surface area (Å²) >= 11 is 3.46. The maximum atomic E-state index is 12.4. The first-order valence-corrected chi connectivity index (χ1v) is 7.60. The monoisotopic (exact) mass is 325 g/mol. The Labute approximate surface area is 122 Å². The fourth-order valence-electron chi connectivity index (χ4n) is 2.55. The van der Waals surface area contributed by atoms with Gasteiger partial charge < -0.3 is 10.0 Å². The van der Waals surface area contributed by atoms with Gasteiger partial charge in [0, 0.05) is 23.5 Å². The Morgan fingerprint density at radius 2 is 2.37 bits per heavy atom. The zero-order chi connectivity index (χ0) is 13.8. The van der Waals surface area contributed by atoms with Crippen molar-refractivity contribution in [2.75, 3.05) is 13.1 Å². The van der Waals surface area contributed by atoms with E-state index in [0.717, 1.165) is 17.3 Å². The largest absolute Gasteiger partial charge is 0.391 e. The van der Waals surface area contributed by atoms with Crippen LogP contribution in [-0.2, 0) is 11.2 Å². The molecular formula is C15H20BrNO2. The number of carbonyl (C=O) groups is 1. The molecule has 1 amide bonds. The quantitative estimate of drug-likeness (QED) is 0.924. The number of aliphatic hydroxyl groups is 1. The number of carbonyl (C=O) groups excluding carboxylic acids is 1. The average molecular weight is 326 g/mol. The average Bonchev–Trinajstić information content (AvgIpc) is 2.82. The van der Waals surface area contributed by atoms with Crippen LogP contribution in [0.25, 0.3) is 0 Å². The summed E-state index contributed by atoms with van der Waals surface area (Å²) in [6.45, 7) is 3.23. The lowest BCUT2D eigenvalue weighted by Crippen LogP contribution is -2.35. The second-order valence-electron chi connectivity index (χ2n) is 5.17. The zero-order valence-electron chi connectivity index (χ0n) is 11.2. The van der Waals surface area contributed by atoms with Crippen LogP contribution in [-0.4, -0.2) is 35.1 Å². The minimum Gasteiger partial charge on any atom is -0.391 e. The normalized spacial score (nSPS) is 20.6. The third-order valence-electron chi connectivity index (χ3n) is 3.69. The summed E-state index contributed by atoms with van der Waals surface area (Å²) in [6.07, 6.45) is 1.96. The molecule has 1 aromatic carbocycles. The molecule has 1 saturated heterocycles. The van der Waals surface area contributed by atoms with Crippen molar-refractivity contribution in [1.29, 1.82) is 0 Å². The van der Waals surface area contributed by atoms with E-state index in [2.05, 4.69) is 28.1 Å². The van der Waals surface area contributed by atoms with Crippen LogP contribution in [0.1, 0.15) is 25.3 Å². The van der Waals surface area contributed by atoms with Gasteiger partial charge in [-0.05, 0) is 37.0 Å². The van der Waals surface area contributed by atoms with E-state index in [1.165, 1.54) is 5.56 Å². The van der Waals surface area contributed by atoms with Crippen molar-refractivity contribution in [3.05, 3.63) is 34.3 Å². The van der Waals surface area contributed by atoms with Crippen molar-refractivity contribution < 1.29 is 9.90 Å². The Morgan fingerprint density at radius 1 is 1.58 bits per heavy atom. The molecule has 0 aliphatic carbocycles. The SMILES string of the molecule is CCC(Cc1cccc(Br)c1)C(=O)N1CC[C@@H](O)C1. The Kier molecular flexibility index (Phi) is 4.99. The summed E-state index contributed by atoms with van der Waals surface area (Å²) in [4.78, 5) is 14.2. The number of nitrogens with zero attached hydrogens (tertiary/aromatic N) is 1. The van der Waals surface area contributed by atoms with Crippen molar-refractivity contribution in [1.82, 2.24) is 4.90 Å². The molecule has 1 aromatic rings. The molecular weight excluding hydrogens is 306 g/mol. The zero-order valence-corrected chi connectivity index (χ0v) is 12.8. The first kappa shape index (κ1) is 14.5. The van der Waals surface area contributed by atoms with Gasteiger partial charge in [0.15, 0.2) is 0 Å². The highest BCUT2D eigenvalue weighted by Crippen LogP contribution is 2.20. The van der Waals surface area contributed by atoms with E-state index >= 15 is 0 Å². The molecule has 104 valence electrons. The molecule has 2 rings (SSSR count). The number of β-amino-alcohol motifs (C(OH)–C–C–N with tert-alkyl or cyclic N) is 1. The molecule has 4 heteroatoms. The van der Waals surface area contributed by atoms with Crippen LogP contribution in [0.2, 0.25) is 0 Å². The second kappa shape index (κ2) is 6.53. The highest BCUT2D eigenvalue weighted by Gasteiger charge is 2.29. The van der Waals surface area contributed by atoms with Crippen LogP contribution in [0.4, 0.5) is 0 Å². The van der Waals surface area contributed by atoms with Gasteiger partial charge in [-0.1, -0.05) is 35.0 Å². The predicted octanol–water partition coefficient (Wildman–Crippen LogP) is 2.61. The van der Waals surface area contributed by atoms with Crippen molar-refractivity contribution in [3.63, 3.8) is 0 Å². The van der Waals surface area contributed by atoms with E-state index in [4.69, 9.17) is 0 Å². The molecule has 19 heavy (non-hydrogen) atoms. The molecule has 2 atom stereocenters. The van der Waals surface area contributed by atoms with Gasteiger partial charge in [-0.15, -0.1) is 0 Å². The van der Waals surface area contributed by atoms with Crippen LogP contribution in [0.15, 0.2) is 28.7 Å². The molecule has 3 nitrogen and oxygen atoms in total. The van der Waals surface area contributed by atoms with Gasteiger partial charge in [-0.3, -0.25) is 4.79 Å². The minimum atomic E-state index is -0.340. The van der Waals surface area contributed by atoms with Crippen LogP contribution >= 0.6 is 15.9 Å². The summed E-state index contributed by atoms with van der Waals surface area (Å²) in [5.41, 5.74) is 1.18. The topological polar surface area (TPSA) is 40.5 Å². The Morgan fingerprint density at radius 3 is 2.95 bits per heavy atom. The first-order valence-electron chi connectivity index (χ1n) is 6.81. The number of amides is 1. The molecule has 0 bridgehead atoms. The van der Waals surface area contributed by atoms with Crippen LogP contribution in [0.5, 0.6) is 0 Å². The van der Waals surface area contributed by atoms with E-state index in [1.54, 1.807) is 4.90 Å². The van der Waals surface area contributed by atoms with Gasteiger partial charge in [-0.25, -0.2) is 0 Å². The third kappa shape index (κ3) is 3.80. The molecule has 1 aliphatic rings. The van der Waals surface area contributed by atoms with E-state index in [-0.39, 0.29) is 17.9 Å². The predicted molar refractivity (Wildman–Crippen MR) is 78.8 cm³/mol. The number of halogens is 1. The number of rotatable bonds is 4. The molecule has 0 aromatic heterocycles. The lowest BCUT2D eigenvalue weighted by molar-refractivity contribution is -0.134. The highest BCUT2D eigenvalue weighted by atomic mass is 79.9. The highest BCUT2D eigenvalue weighted by molar-refractivity contribution is 9.10. The van der Waals surface area contributed by atoms with Crippen LogP contribution < -0.4 is 0 Å². The van der Waals surface area contributed by atoms with Crippen molar-refractivity contribution in [3.8, 4) is 0 Å². The number of hydrogen-bond donors (Lipinski definition) is 1. The van der Waals surface area contributed by atoms with Gasteiger partial charge in [-0.2, -0.15) is 0 Å². The van der Waals surface area contributed by atoms with E-state index < -0.39 is 0 Å². The molecule has 1 aliphatic heterocycles. The smallest absolute Gasteiger partial charge is 0.226 e. The Bertz CT molecular complexity index is 450. The maximum absolute atomic E-state index is 12.4. The van der Waals surface area contributed by atoms with Crippen LogP contribution in [0.3, 0.4) is 0 Å². The molecule has 1 N–H and O–H groups in total. The van der Waals surface area contributed by atoms with Crippen molar-refractivity contribution in [2.24, 2.45) is 5.92 Å². The van der Waals surface area contributed by atoms with Gasteiger partial charge in [0.2, 0.25) is 5.91 Å². The maximum Gasteiger partial charge on any atom is 0.226 e. The fourth-order valence-corrected chi connectivity index (χ4v) is 3.00. The number of benzene rings is 1. The molecule has 0 saturated carbocycles. The summed E-state index contributed by atoms with van der Waals surface area (Å²) in [6, 6.07) is 8.10. The summed E-state index contributed by atoms with van der Waals surface area (Å²) in [5, 5.41) is 9.53. The standard InChI is InChI=1S/C15H20BrNO2/c1-2-12(8-11-4-3-5-13(16)9-11)15(19)17-7-6-14(18)10-17/h3-5,9,12,14,18H,2,6-8,10H2,1H3/t12?,14-/m1/s1. The first-order chi connectivity index (χ1) is 9.10. The molecule has 1 heterocycles. The number of aliphatic hydroxyl groups excluding tert-OH is 1. The van der Waals surface area contributed by atoms with Crippen molar-refractivity contribution >= 4 is 21.8 Å². The van der Waals surface area contributed by atoms with E-state index in [9.17, 15) is 9.90 Å². The van der Waals surface area contributed by atoms with Gasteiger partial charge in [0.1, 0.15) is 0 Å². The lowest BCUT2D eigenvalue weighted by atomic mass is 9.95. The van der Waals surface area contributed by atoms with Gasteiger partial charge >= 0.3 is 0 Å². The number of likely N-dealkylation sites (tertiary alicyclic amines) is 1. The fraction of sp³-hybridized carbons (Fsp3) is 0.533. The summed E-state index contributed by atoms with van der Waals surface area (Å²) in [5.74, 6) is 0.193. The minimum absolute atomic E-state index is 0.0135. The van der Waals surface area contributed by atoms with Crippen LogP contribution in [0, 0.1) is 5.92 Å².